The Labute approximate surface area is 203 Å². The monoisotopic (exact) mass is 491 g/mol. The number of amides is 1. The predicted octanol–water partition coefficient (Wildman–Crippen LogP) is 4.35. The summed E-state index contributed by atoms with van der Waals surface area (Å²) >= 11 is 12.9. The average Bonchev–Trinajstić information content (AvgIpc) is 3.13. The minimum atomic E-state index is -0.621. The first-order chi connectivity index (χ1) is 16.0. The van der Waals surface area contributed by atoms with E-state index in [0.29, 0.717) is 26.0 Å². The first-order valence-corrected chi connectivity index (χ1v) is 11.3. The van der Waals surface area contributed by atoms with Crippen molar-refractivity contribution in [3.8, 4) is 11.8 Å². The van der Waals surface area contributed by atoms with Crippen molar-refractivity contribution >= 4 is 57.8 Å². The van der Waals surface area contributed by atoms with Crippen molar-refractivity contribution in [1.29, 1.82) is 5.26 Å². The van der Waals surface area contributed by atoms with Crippen LogP contribution >= 0.6 is 34.5 Å². The summed E-state index contributed by atoms with van der Waals surface area (Å²) < 4.78 is 2.00. The molecule has 1 aromatic heterocycles. The van der Waals surface area contributed by atoms with E-state index in [-0.39, 0.29) is 15.8 Å². The Balaban J connectivity index is 1.93. The lowest BCUT2D eigenvalue weighted by molar-refractivity contribution is -0.111. The smallest absolute Gasteiger partial charge is 0.273 e. The summed E-state index contributed by atoms with van der Waals surface area (Å²) in [6.07, 6.45) is 1.71. The lowest BCUT2D eigenvalue weighted by atomic mass is 10.2. The van der Waals surface area contributed by atoms with Gasteiger partial charge in [0.2, 0.25) is 0 Å². The molecule has 0 aliphatic carbocycles. The molecule has 0 atom stereocenters. The zero-order valence-electron chi connectivity index (χ0n) is 17.0. The fraction of sp³-hybridized carbons (Fsp3) is 0. The minimum Gasteiger partial charge on any atom is -0.321 e. The second-order valence-electron chi connectivity index (χ2n) is 6.89. The minimum absolute atomic E-state index is 0.174. The molecule has 3 aromatic carbocycles. The normalized spacial score (nSPS) is 12.2. The fourth-order valence-corrected chi connectivity index (χ4v) is 4.45. The fourth-order valence-electron chi connectivity index (χ4n) is 3.09. The molecule has 5 nitrogen and oxygen atoms in total. The standard InChI is InChI=1S/C25H15Cl2N3O2S/c26-17-8-6-16(7-9-17)14-22-24(32)30(20-4-2-1-3-5-20)25(33-22)21(15-28)23(31)29-19-12-10-18(27)11-13-19/h1-14H,(H,29,31). The molecule has 33 heavy (non-hydrogen) atoms. The lowest BCUT2D eigenvalue weighted by Crippen LogP contribution is -2.32. The summed E-state index contributed by atoms with van der Waals surface area (Å²) in [6, 6.07) is 24.4. The van der Waals surface area contributed by atoms with Crippen LogP contribution in [0, 0.1) is 11.3 Å². The van der Waals surface area contributed by atoms with Crippen LogP contribution in [0.5, 0.6) is 0 Å². The van der Waals surface area contributed by atoms with Gasteiger partial charge in [-0.2, -0.15) is 5.26 Å². The maximum absolute atomic E-state index is 13.3. The molecule has 8 heteroatoms. The Bertz CT molecular complexity index is 1530. The van der Waals surface area contributed by atoms with Crippen LogP contribution in [-0.4, -0.2) is 10.5 Å². The van der Waals surface area contributed by atoms with Crippen LogP contribution in [-0.2, 0) is 4.79 Å². The van der Waals surface area contributed by atoms with Crippen molar-refractivity contribution in [2.75, 3.05) is 5.32 Å². The van der Waals surface area contributed by atoms with Crippen LogP contribution in [0.3, 0.4) is 0 Å². The molecule has 162 valence electrons. The molecule has 1 N–H and O–H groups in total. The van der Waals surface area contributed by atoms with E-state index in [1.54, 1.807) is 78.9 Å². The van der Waals surface area contributed by atoms with Gasteiger partial charge < -0.3 is 5.32 Å². The zero-order chi connectivity index (χ0) is 23.4. The Morgan fingerprint density at radius 2 is 1.55 bits per heavy atom. The van der Waals surface area contributed by atoms with Crippen molar-refractivity contribution in [3.63, 3.8) is 0 Å². The van der Waals surface area contributed by atoms with E-state index in [0.717, 1.165) is 16.9 Å². The zero-order valence-corrected chi connectivity index (χ0v) is 19.3. The number of nitrogens with one attached hydrogen (secondary N) is 1. The van der Waals surface area contributed by atoms with Crippen LogP contribution in [0.2, 0.25) is 10.0 Å². The molecule has 0 fully saturated rings. The van der Waals surface area contributed by atoms with E-state index in [4.69, 9.17) is 23.2 Å². The van der Waals surface area contributed by atoms with Crippen LogP contribution in [0.1, 0.15) is 5.56 Å². The first kappa shape index (κ1) is 22.6. The van der Waals surface area contributed by atoms with E-state index in [1.165, 1.54) is 4.57 Å². The quantitative estimate of drug-likeness (QED) is 0.461. The number of para-hydroxylation sites is 1. The molecule has 0 saturated carbocycles. The molecule has 0 aliphatic rings. The SMILES string of the molecule is N#CC(C(=O)Nc1ccc(Cl)cc1)=c1sc(=Cc2ccc(Cl)cc2)c(=O)n1-c1ccccc1. The van der Waals surface area contributed by atoms with Gasteiger partial charge in [0.15, 0.2) is 5.57 Å². The maximum Gasteiger partial charge on any atom is 0.273 e. The number of nitrogens with zero attached hydrogens (tertiary/aromatic N) is 2. The maximum atomic E-state index is 13.3. The van der Waals surface area contributed by atoms with Crippen LogP contribution in [0.15, 0.2) is 83.7 Å². The number of rotatable bonds is 4. The van der Waals surface area contributed by atoms with Crippen LogP contribution < -0.4 is 20.1 Å². The van der Waals surface area contributed by atoms with Gasteiger partial charge in [-0.25, -0.2) is 0 Å². The van der Waals surface area contributed by atoms with Crippen molar-refractivity contribution in [2.24, 2.45) is 0 Å². The second-order valence-corrected chi connectivity index (χ2v) is 8.79. The molecular weight excluding hydrogens is 477 g/mol. The number of hydrogen-bond acceptors (Lipinski definition) is 4. The number of thiazole rings is 1. The number of hydrogen-bond donors (Lipinski definition) is 1. The summed E-state index contributed by atoms with van der Waals surface area (Å²) in [5.41, 5.74) is 1.30. The Hall–Kier alpha value is -3.63. The van der Waals surface area contributed by atoms with E-state index in [9.17, 15) is 14.9 Å². The van der Waals surface area contributed by atoms with Crippen molar-refractivity contribution < 1.29 is 4.79 Å². The van der Waals surface area contributed by atoms with Crippen molar-refractivity contribution in [3.05, 3.63) is 114 Å². The second kappa shape index (κ2) is 9.88. The molecule has 0 radical (unpaired) electrons. The third kappa shape index (κ3) is 5.07. The number of anilines is 1. The van der Waals surface area contributed by atoms with Gasteiger partial charge in [0.1, 0.15) is 10.7 Å². The van der Waals surface area contributed by atoms with Crippen LogP contribution in [0.25, 0.3) is 17.3 Å². The molecule has 0 aliphatic heterocycles. The highest BCUT2D eigenvalue weighted by Crippen LogP contribution is 2.14. The number of carbonyl (C=O) groups is 1. The van der Waals surface area contributed by atoms with Gasteiger partial charge in [-0.3, -0.25) is 14.2 Å². The first-order valence-electron chi connectivity index (χ1n) is 9.72. The molecule has 4 aromatic rings. The Kier molecular flexibility index (Phi) is 6.76. The molecule has 1 heterocycles. The van der Waals surface area contributed by atoms with E-state index >= 15 is 0 Å². The van der Waals surface area contributed by atoms with Gasteiger partial charge in [0.05, 0.1) is 10.2 Å². The highest BCUT2D eigenvalue weighted by molar-refractivity contribution is 7.07. The molecule has 4 rings (SSSR count). The Morgan fingerprint density at radius 3 is 2.15 bits per heavy atom. The third-order valence-electron chi connectivity index (χ3n) is 4.66. The molecule has 1 amide bonds. The molecule has 0 unspecified atom stereocenters. The Morgan fingerprint density at radius 1 is 0.939 bits per heavy atom. The van der Waals surface area contributed by atoms with Gasteiger partial charge in [0, 0.05) is 15.7 Å². The average molecular weight is 492 g/mol. The largest absolute Gasteiger partial charge is 0.321 e. The third-order valence-corrected chi connectivity index (χ3v) is 6.26. The summed E-state index contributed by atoms with van der Waals surface area (Å²) in [6.45, 7) is 0. The van der Waals surface area contributed by atoms with Crippen molar-refractivity contribution in [1.82, 2.24) is 4.57 Å². The van der Waals surface area contributed by atoms with Gasteiger partial charge in [-0.05, 0) is 60.2 Å². The highest BCUT2D eigenvalue weighted by atomic mass is 35.5. The molecule has 0 saturated heterocycles. The molecule has 0 spiro atoms. The van der Waals surface area contributed by atoms with E-state index in [1.807, 2.05) is 12.1 Å². The van der Waals surface area contributed by atoms with Gasteiger partial charge in [0.25, 0.3) is 11.5 Å². The predicted molar refractivity (Wildman–Crippen MR) is 133 cm³/mol. The van der Waals surface area contributed by atoms with E-state index in [2.05, 4.69) is 5.32 Å². The summed E-state index contributed by atoms with van der Waals surface area (Å²) in [7, 11) is 0. The molecular formula is C25H15Cl2N3O2S. The van der Waals surface area contributed by atoms with Gasteiger partial charge in [-0.1, -0.05) is 53.5 Å². The summed E-state index contributed by atoms with van der Waals surface area (Å²) in [5, 5.41) is 13.7. The highest BCUT2D eigenvalue weighted by Gasteiger charge is 2.17. The topological polar surface area (TPSA) is 74.9 Å². The van der Waals surface area contributed by atoms with Gasteiger partial charge in [-0.15, -0.1) is 11.3 Å². The van der Waals surface area contributed by atoms with Crippen LogP contribution in [0.4, 0.5) is 5.69 Å². The lowest BCUT2D eigenvalue weighted by Gasteiger charge is -2.06. The number of halogens is 2. The summed E-state index contributed by atoms with van der Waals surface area (Å²) in [4.78, 5) is 26.3. The number of carbonyl (C=O) groups excluding carboxylic acids is 1. The van der Waals surface area contributed by atoms with Gasteiger partial charge >= 0.3 is 0 Å². The molecule has 0 bridgehead atoms. The number of benzene rings is 3. The number of aromatic nitrogens is 1. The van der Waals surface area contributed by atoms with Crippen molar-refractivity contribution in [2.45, 2.75) is 0 Å². The van der Waals surface area contributed by atoms with E-state index < -0.39 is 5.91 Å². The summed E-state index contributed by atoms with van der Waals surface area (Å²) in [5.74, 6) is -0.621. The number of nitriles is 1.